The smallest absolute Gasteiger partial charge is 0.312 e. The Bertz CT molecular complexity index is 921. The predicted molar refractivity (Wildman–Crippen MR) is 109 cm³/mol. The van der Waals surface area contributed by atoms with Crippen LogP contribution in [0.2, 0.25) is 5.02 Å². The van der Waals surface area contributed by atoms with Crippen LogP contribution in [0, 0.1) is 0 Å². The first-order valence-corrected chi connectivity index (χ1v) is 9.94. The fraction of sp³-hybridized carbons (Fsp3) is 0.318. The highest BCUT2D eigenvalue weighted by molar-refractivity contribution is 6.30. The Balaban J connectivity index is 1.54. The monoisotopic (exact) mass is 396 g/mol. The maximum atomic E-state index is 12.8. The lowest BCUT2D eigenvalue weighted by Gasteiger charge is -2.26. The number of nitrogens with zero attached hydrogens (tertiary/aromatic N) is 2. The molecule has 0 N–H and O–H groups in total. The average molecular weight is 397 g/mol. The highest BCUT2D eigenvalue weighted by Crippen LogP contribution is 2.24. The minimum Gasteiger partial charge on any atom is -0.474 e. The van der Waals surface area contributed by atoms with Crippen LogP contribution in [0.25, 0.3) is 6.08 Å². The molecule has 1 aliphatic carbocycles. The minimum atomic E-state index is -0.469. The van der Waals surface area contributed by atoms with E-state index in [2.05, 4.69) is 4.99 Å². The van der Waals surface area contributed by atoms with E-state index in [0.717, 1.165) is 44.3 Å². The quantitative estimate of drug-likeness (QED) is 0.711. The molecular weight excluding hydrogens is 376 g/mol. The molecule has 28 heavy (non-hydrogen) atoms. The summed E-state index contributed by atoms with van der Waals surface area (Å²) < 4.78 is 5.82. The summed E-state index contributed by atoms with van der Waals surface area (Å²) in [6.07, 6.45) is 10.8. The molecule has 5 nitrogen and oxygen atoms in total. The van der Waals surface area contributed by atoms with Crippen LogP contribution in [-0.4, -0.2) is 41.6 Å². The Labute approximate surface area is 169 Å². The summed E-state index contributed by atoms with van der Waals surface area (Å²) in [6.45, 7) is 1.56. The fourth-order valence-corrected chi connectivity index (χ4v) is 3.77. The van der Waals surface area contributed by atoms with Gasteiger partial charge in [-0.25, -0.2) is 4.99 Å². The molecule has 0 saturated carbocycles. The van der Waals surface area contributed by atoms with Crippen LogP contribution in [0.4, 0.5) is 0 Å². The van der Waals surface area contributed by atoms with Gasteiger partial charge >= 0.3 is 5.91 Å². The lowest BCUT2D eigenvalue weighted by atomic mass is 10.0. The summed E-state index contributed by atoms with van der Waals surface area (Å²) in [4.78, 5) is 31.2. The lowest BCUT2D eigenvalue weighted by Crippen LogP contribution is -2.36. The molecule has 144 valence electrons. The lowest BCUT2D eigenvalue weighted by molar-refractivity contribution is -0.126. The van der Waals surface area contributed by atoms with Gasteiger partial charge in [0.15, 0.2) is 11.9 Å². The van der Waals surface area contributed by atoms with Gasteiger partial charge in [-0.2, -0.15) is 0 Å². The second-order valence-electron chi connectivity index (χ2n) is 7.11. The van der Waals surface area contributed by atoms with Gasteiger partial charge in [0.1, 0.15) is 0 Å². The number of carbonyl (C=O) groups excluding carboxylic acids is 2. The van der Waals surface area contributed by atoms with Crippen LogP contribution in [-0.2, 0) is 14.3 Å². The Morgan fingerprint density at radius 1 is 1.21 bits per heavy atom. The standard InChI is InChI=1S/C22H21ClN2O3/c23-17-7-5-6-15(12-17)13-20-21(26)24-18-14-16(8-9-19(18)28-20)22(27)25-10-3-1-2-4-11-25/h5-9,12-14,19H,1-4,10-11H2/b20-13-. The largest absolute Gasteiger partial charge is 0.474 e. The number of rotatable bonds is 2. The summed E-state index contributed by atoms with van der Waals surface area (Å²) in [6, 6.07) is 7.16. The summed E-state index contributed by atoms with van der Waals surface area (Å²) in [7, 11) is 0. The molecule has 0 aromatic heterocycles. The SMILES string of the molecule is O=C1N=C2C=C(C(=O)N3CCCCCC3)C=CC2O/C1=C\c1cccc(Cl)c1. The molecule has 1 atom stereocenters. The van der Waals surface area contributed by atoms with Gasteiger partial charge in [0, 0.05) is 23.7 Å². The van der Waals surface area contributed by atoms with Crippen LogP contribution in [0.1, 0.15) is 31.2 Å². The second-order valence-corrected chi connectivity index (χ2v) is 7.55. The summed E-state index contributed by atoms with van der Waals surface area (Å²) >= 11 is 5.99. The van der Waals surface area contributed by atoms with Crippen molar-refractivity contribution in [3.05, 3.63) is 64.4 Å². The van der Waals surface area contributed by atoms with Crippen LogP contribution in [0.3, 0.4) is 0 Å². The molecule has 1 aromatic carbocycles. The van der Waals surface area contributed by atoms with Gasteiger partial charge in [0.05, 0.1) is 5.71 Å². The van der Waals surface area contributed by atoms with Crippen LogP contribution in [0.15, 0.2) is 58.8 Å². The van der Waals surface area contributed by atoms with Crippen molar-refractivity contribution in [2.45, 2.75) is 31.8 Å². The normalized spacial score (nSPS) is 23.5. The maximum Gasteiger partial charge on any atom is 0.312 e. The van der Waals surface area contributed by atoms with E-state index < -0.39 is 12.0 Å². The van der Waals surface area contributed by atoms with E-state index in [0.29, 0.717) is 16.3 Å². The number of ether oxygens (including phenoxy) is 1. The van der Waals surface area contributed by atoms with Gasteiger partial charge in [0.2, 0.25) is 0 Å². The third kappa shape index (κ3) is 4.09. The summed E-state index contributed by atoms with van der Waals surface area (Å²) in [5.74, 6) is -0.303. The first kappa shape index (κ1) is 18.7. The highest BCUT2D eigenvalue weighted by Gasteiger charge is 2.30. The molecule has 1 saturated heterocycles. The van der Waals surface area contributed by atoms with Gasteiger partial charge in [0.25, 0.3) is 5.91 Å². The molecule has 1 aromatic rings. The predicted octanol–water partition coefficient (Wildman–Crippen LogP) is 3.95. The van der Waals surface area contributed by atoms with Crippen molar-refractivity contribution in [3.8, 4) is 0 Å². The molecular formula is C22H21ClN2O3. The Morgan fingerprint density at radius 2 is 2.00 bits per heavy atom. The molecule has 6 heteroatoms. The van der Waals surface area contributed by atoms with Gasteiger partial charge in [-0.1, -0.05) is 36.6 Å². The van der Waals surface area contributed by atoms with Crippen LogP contribution in [0.5, 0.6) is 0 Å². The highest BCUT2D eigenvalue weighted by atomic mass is 35.5. The summed E-state index contributed by atoms with van der Waals surface area (Å²) in [5, 5.41) is 0.582. The first-order valence-electron chi connectivity index (χ1n) is 9.56. The zero-order valence-electron chi connectivity index (χ0n) is 15.4. The Kier molecular flexibility index (Phi) is 5.44. The van der Waals surface area contributed by atoms with E-state index >= 15 is 0 Å². The van der Waals surface area contributed by atoms with E-state index in [-0.39, 0.29) is 11.7 Å². The zero-order chi connectivity index (χ0) is 19.5. The van der Waals surface area contributed by atoms with Gasteiger partial charge in [-0.05, 0) is 54.8 Å². The van der Waals surface area contributed by atoms with Crippen molar-refractivity contribution in [1.82, 2.24) is 4.90 Å². The van der Waals surface area contributed by atoms with Crippen molar-refractivity contribution in [1.29, 1.82) is 0 Å². The molecule has 2 amide bonds. The topological polar surface area (TPSA) is 59.0 Å². The number of halogens is 1. The third-order valence-corrected chi connectivity index (χ3v) is 5.26. The van der Waals surface area contributed by atoms with E-state index in [1.165, 1.54) is 0 Å². The third-order valence-electron chi connectivity index (χ3n) is 5.03. The molecule has 2 aliphatic heterocycles. The van der Waals surface area contributed by atoms with Gasteiger partial charge < -0.3 is 9.64 Å². The van der Waals surface area contributed by atoms with Gasteiger partial charge in [-0.3, -0.25) is 9.59 Å². The Morgan fingerprint density at radius 3 is 2.75 bits per heavy atom. The van der Waals surface area contributed by atoms with Crippen molar-refractivity contribution in [3.63, 3.8) is 0 Å². The van der Waals surface area contributed by atoms with Crippen molar-refractivity contribution >= 4 is 35.2 Å². The van der Waals surface area contributed by atoms with Crippen LogP contribution < -0.4 is 0 Å². The zero-order valence-corrected chi connectivity index (χ0v) is 16.2. The molecule has 0 spiro atoms. The number of hydrogen-bond acceptors (Lipinski definition) is 3. The Hall–Kier alpha value is -2.66. The first-order chi connectivity index (χ1) is 13.6. The number of likely N-dealkylation sites (tertiary alicyclic amines) is 1. The van der Waals surface area contributed by atoms with Crippen molar-refractivity contribution in [2.24, 2.45) is 4.99 Å². The molecule has 3 aliphatic rings. The molecule has 1 fully saturated rings. The number of aliphatic imine (C=N–C) groups is 1. The molecule has 2 heterocycles. The van der Waals surface area contributed by atoms with E-state index in [1.807, 2.05) is 11.0 Å². The fourth-order valence-electron chi connectivity index (χ4n) is 3.57. The second kappa shape index (κ2) is 8.15. The van der Waals surface area contributed by atoms with E-state index in [9.17, 15) is 9.59 Å². The van der Waals surface area contributed by atoms with Crippen LogP contribution >= 0.6 is 11.6 Å². The number of hydrogen-bond donors (Lipinski definition) is 0. The summed E-state index contributed by atoms with van der Waals surface area (Å²) in [5.41, 5.74) is 1.78. The van der Waals surface area contributed by atoms with E-state index in [4.69, 9.17) is 16.3 Å². The number of amides is 2. The molecule has 4 rings (SSSR count). The number of carbonyl (C=O) groups is 2. The average Bonchev–Trinajstić information content (AvgIpc) is 2.97. The minimum absolute atomic E-state index is 0.00739. The maximum absolute atomic E-state index is 12.8. The van der Waals surface area contributed by atoms with E-state index in [1.54, 1.807) is 42.5 Å². The van der Waals surface area contributed by atoms with Gasteiger partial charge in [-0.15, -0.1) is 0 Å². The number of benzene rings is 1. The molecule has 0 bridgehead atoms. The number of fused-ring (bicyclic) bond motifs is 1. The molecule has 1 unspecified atom stereocenters. The van der Waals surface area contributed by atoms with Crippen molar-refractivity contribution < 1.29 is 14.3 Å². The van der Waals surface area contributed by atoms with Crippen molar-refractivity contribution in [2.75, 3.05) is 13.1 Å². The molecule has 0 radical (unpaired) electrons.